The molecule has 2 aromatic rings. The molecule has 1 unspecified atom stereocenters. The molecule has 9 nitrogen and oxygen atoms in total. The van der Waals surface area contributed by atoms with E-state index in [2.05, 4.69) is 36.3 Å². The van der Waals surface area contributed by atoms with Crippen molar-refractivity contribution in [3.05, 3.63) is 53.3 Å². The molecule has 1 fully saturated rings. The lowest BCUT2D eigenvalue weighted by Crippen LogP contribution is -2.59. The van der Waals surface area contributed by atoms with Crippen LogP contribution in [0, 0.1) is 0 Å². The van der Waals surface area contributed by atoms with Gasteiger partial charge in [0, 0.05) is 33.4 Å². The molecule has 0 radical (unpaired) electrons. The minimum absolute atomic E-state index is 0.469. The Bertz CT molecular complexity index is 1000. The number of hydrogen-bond donors (Lipinski definition) is 0. The molecule has 0 bridgehead atoms. The Morgan fingerprint density at radius 1 is 0.853 bits per heavy atom. The second-order valence-corrected chi connectivity index (χ2v) is 8.37. The summed E-state index contributed by atoms with van der Waals surface area (Å²) in [5.74, 6) is -1.73. The third-order valence-corrected chi connectivity index (χ3v) is 5.67. The first kappa shape index (κ1) is 25.4. The molecule has 5 atom stereocenters. The quantitative estimate of drug-likeness (QED) is 0.426. The van der Waals surface area contributed by atoms with Gasteiger partial charge in [-0.25, -0.2) is 4.68 Å². The van der Waals surface area contributed by atoms with Crippen molar-refractivity contribution in [2.45, 2.75) is 84.5 Å². The first-order valence-electron chi connectivity index (χ1n) is 11.5. The number of carbonyl (C=O) groups is 3. The van der Waals surface area contributed by atoms with Gasteiger partial charge in [-0.15, -0.1) is 0 Å². The maximum atomic E-state index is 11.9. The average Bonchev–Trinajstić information content (AvgIpc) is 3.24. The molecule has 1 saturated heterocycles. The molecule has 1 aromatic carbocycles. The SMILES string of the molecule is CCc1ccc(Cc2cnn(C3O[C@H](CC)[C@@H](OC(C)=O)[C@H](OC(C)=O)[C@H]3OC(C)=O)c2)cc1. The Morgan fingerprint density at radius 2 is 1.41 bits per heavy atom. The van der Waals surface area contributed by atoms with Gasteiger partial charge < -0.3 is 18.9 Å². The number of carbonyl (C=O) groups excluding carboxylic acids is 3. The molecule has 0 N–H and O–H groups in total. The van der Waals surface area contributed by atoms with Crippen molar-refractivity contribution in [1.29, 1.82) is 0 Å². The standard InChI is InChI=1S/C25H32N2O7/c1-6-18-8-10-19(11-9-18)12-20-13-26-27(14-20)25-24(33-17(5)30)23(32-16(4)29)22(31-15(3)28)21(7-2)34-25/h8-11,13-14,21-25H,6-7,12H2,1-5H3/t21-,22-,23+,24-,25?/m1/s1. The van der Waals surface area contributed by atoms with E-state index in [-0.39, 0.29) is 0 Å². The number of benzene rings is 1. The first-order chi connectivity index (χ1) is 16.2. The molecule has 1 aliphatic heterocycles. The van der Waals surface area contributed by atoms with Crippen LogP contribution in [0.1, 0.15) is 64.0 Å². The van der Waals surface area contributed by atoms with Gasteiger partial charge in [-0.1, -0.05) is 38.1 Å². The maximum absolute atomic E-state index is 11.9. The van der Waals surface area contributed by atoms with Crippen LogP contribution in [0.4, 0.5) is 0 Å². The fraction of sp³-hybridized carbons (Fsp3) is 0.520. The van der Waals surface area contributed by atoms with Crippen LogP contribution >= 0.6 is 0 Å². The highest BCUT2D eigenvalue weighted by Crippen LogP contribution is 2.35. The number of aromatic nitrogens is 2. The van der Waals surface area contributed by atoms with Crippen molar-refractivity contribution in [2.24, 2.45) is 0 Å². The van der Waals surface area contributed by atoms with E-state index in [1.807, 2.05) is 13.1 Å². The van der Waals surface area contributed by atoms with Gasteiger partial charge in [0.25, 0.3) is 0 Å². The summed E-state index contributed by atoms with van der Waals surface area (Å²) in [5, 5.41) is 4.45. The highest BCUT2D eigenvalue weighted by Gasteiger charge is 2.52. The molecule has 0 spiro atoms. The average molecular weight is 473 g/mol. The predicted molar refractivity (Wildman–Crippen MR) is 122 cm³/mol. The molecule has 0 saturated carbocycles. The third kappa shape index (κ3) is 6.22. The second-order valence-electron chi connectivity index (χ2n) is 8.37. The first-order valence-corrected chi connectivity index (χ1v) is 11.5. The summed E-state index contributed by atoms with van der Waals surface area (Å²) in [4.78, 5) is 35.6. The minimum atomic E-state index is -1.06. The smallest absolute Gasteiger partial charge is 0.303 e. The molecule has 9 heteroatoms. The van der Waals surface area contributed by atoms with Gasteiger partial charge >= 0.3 is 17.9 Å². The lowest BCUT2D eigenvalue weighted by Gasteiger charge is -2.44. The van der Waals surface area contributed by atoms with E-state index < -0.39 is 48.6 Å². The third-order valence-electron chi connectivity index (χ3n) is 5.67. The van der Waals surface area contributed by atoms with Gasteiger partial charge in [0.1, 0.15) is 6.10 Å². The lowest BCUT2D eigenvalue weighted by atomic mass is 9.95. The molecule has 1 aromatic heterocycles. The van der Waals surface area contributed by atoms with Crippen LogP contribution in [0.5, 0.6) is 0 Å². The van der Waals surface area contributed by atoms with E-state index in [4.69, 9.17) is 18.9 Å². The van der Waals surface area contributed by atoms with Gasteiger partial charge in [-0.3, -0.25) is 14.4 Å². The van der Waals surface area contributed by atoms with Gasteiger partial charge in [-0.05, 0) is 29.5 Å². The van der Waals surface area contributed by atoms with E-state index >= 15 is 0 Å². The second kappa shape index (κ2) is 11.3. The summed E-state index contributed by atoms with van der Waals surface area (Å²) in [6.07, 6.45) is 1.13. The van der Waals surface area contributed by atoms with Crippen molar-refractivity contribution < 1.29 is 33.3 Å². The molecule has 3 rings (SSSR count). The van der Waals surface area contributed by atoms with Crippen molar-refractivity contribution in [2.75, 3.05) is 0 Å². The van der Waals surface area contributed by atoms with Crippen molar-refractivity contribution in [3.8, 4) is 0 Å². The highest BCUT2D eigenvalue weighted by atomic mass is 16.7. The van der Waals surface area contributed by atoms with Crippen LogP contribution < -0.4 is 0 Å². The normalized spacial score (nSPS) is 24.3. The molecular weight excluding hydrogens is 440 g/mol. The number of nitrogens with zero attached hydrogens (tertiary/aromatic N) is 2. The number of hydrogen-bond acceptors (Lipinski definition) is 8. The van der Waals surface area contributed by atoms with E-state index in [1.165, 1.54) is 26.3 Å². The maximum Gasteiger partial charge on any atom is 0.303 e. The molecular formula is C25H32N2O7. The molecule has 1 aliphatic rings. The monoisotopic (exact) mass is 472 g/mol. The van der Waals surface area contributed by atoms with Crippen molar-refractivity contribution >= 4 is 17.9 Å². The van der Waals surface area contributed by atoms with Gasteiger partial charge in [0.15, 0.2) is 24.5 Å². The number of aryl methyl sites for hydroxylation is 1. The van der Waals surface area contributed by atoms with Crippen LogP contribution in [0.15, 0.2) is 36.7 Å². The summed E-state index contributed by atoms with van der Waals surface area (Å²) in [7, 11) is 0. The predicted octanol–water partition coefficient (Wildman–Crippen LogP) is 3.14. The summed E-state index contributed by atoms with van der Waals surface area (Å²) >= 11 is 0. The van der Waals surface area contributed by atoms with E-state index in [0.717, 1.165) is 17.5 Å². The zero-order valence-corrected chi connectivity index (χ0v) is 20.2. The largest absolute Gasteiger partial charge is 0.456 e. The number of rotatable bonds is 8. The Kier molecular flexibility index (Phi) is 8.44. The van der Waals surface area contributed by atoms with Crippen molar-refractivity contribution in [3.63, 3.8) is 0 Å². The van der Waals surface area contributed by atoms with Gasteiger partial charge in [0.2, 0.25) is 0 Å². The summed E-state index contributed by atoms with van der Waals surface area (Å²) < 4.78 is 24.3. The van der Waals surface area contributed by atoms with Crippen LogP contribution in [-0.4, -0.2) is 52.1 Å². The lowest BCUT2D eigenvalue weighted by molar-refractivity contribution is -0.265. The van der Waals surface area contributed by atoms with Crippen LogP contribution in [0.25, 0.3) is 0 Å². The molecule has 2 heterocycles. The van der Waals surface area contributed by atoms with Gasteiger partial charge in [0.05, 0.1) is 6.20 Å². The Labute approximate surface area is 199 Å². The van der Waals surface area contributed by atoms with E-state index in [1.54, 1.807) is 10.9 Å². The highest BCUT2D eigenvalue weighted by molar-refractivity contribution is 5.68. The Balaban J connectivity index is 1.91. The molecule has 34 heavy (non-hydrogen) atoms. The number of esters is 3. The Hall–Kier alpha value is -3.20. The topological polar surface area (TPSA) is 106 Å². The molecule has 0 amide bonds. The van der Waals surface area contributed by atoms with Crippen LogP contribution in [0.3, 0.4) is 0 Å². The minimum Gasteiger partial charge on any atom is -0.456 e. The zero-order chi connectivity index (χ0) is 24.8. The van der Waals surface area contributed by atoms with E-state index in [9.17, 15) is 14.4 Å². The Morgan fingerprint density at radius 3 is 1.97 bits per heavy atom. The van der Waals surface area contributed by atoms with Gasteiger partial charge in [-0.2, -0.15) is 5.10 Å². The molecule has 184 valence electrons. The fourth-order valence-electron chi connectivity index (χ4n) is 4.15. The summed E-state index contributed by atoms with van der Waals surface area (Å²) in [6, 6.07) is 8.38. The van der Waals surface area contributed by atoms with Crippen LogP contribution in [-0.2, 0) is 46.2 Å². The van der Waals surface area contributed by atoms with Crippen LogP contribution in [0.2, 0.25) is 0 Å². The molecule has 0 aliphatic carbocycles. The van der Waals surface area contributed by atoms with E-state index in [0.29, 0.717) is 12.8 Å². The van der Waals surface area contributed by atoms with Crippen molar-refractivity contribution in [1.82, 2.24) is 9.78 Å². The zero-order valence-electron chi connectivity index (χ0n) is 20.2. The summed E-state index contributed by atoms with van der Waals surface area (Å²) in [6.45, 7) is 7.74. The fourth-order valence-corrected chi connectivity index (χ4v) is 4.15. The summed E-state index contributed by atoms with van der Waals surface area (Å²) in [5.41, 5.74) is 3.34. The number of ether oxygens (including phenoxy) is 4.